The van der Waals surface area contributed by atoms with Gasteiger partial charge in [-0.25, -0.2) is 54.2 Å². The van der Waals surface area contributed by atoms with E-state index in [2.05, 4.69) is 121 Å². The van der Waals surface area contributed by atoms with Crippen molar-refractivity contribution in [3.63, 3.8) is 0 Å². The molecule has 0 unspecified atom stereocenters. The molecule has 4 fully saturated rings. The number of nitro groups is 2. The van der Waals surface area contributed by atoms with Gasteiger partial charge < -0.3 is 58.6 Å². The number of anilines is 2. The Morgan fingerprint density at radius 1 is 0.522 bits per heavy atom. The number of pyridine rings is 2. The van der Waals surface area contributed by atoms with Gasteiger partial charge in [-0.2, -0.15) is 0 Å². The lowest BCUT2D eigenvalue weighted by atomic mass is 9.72. The minimum absolute atomic E-state index is 0.000808. The summed E-state index contributed by atoms with van der Waals surface area (Å²) in [5, 5.41) is 30.8. The zero-order valence-corrected chi connectivity index (χ0v) is 81.8. The molecule has 2 aliphatic carbocycles. The highest BCUT2D eigenvalue weighted by Gasteiger charge is 2.40. The number of aromatic nitrogens is 4. The summed E-state index contributed by atoms with van der Waals surface area (Å²) in [7, 11) is -11.3. The summed E-state index contributed by atoms with van der Waals surface area (Å²) in [6.45, 7) is 21.4. The molecular weight excluding hydrogens is 1870 g/mol. The molecule has 730 valence electrons. The monoisotopic (exact) mass is 1980 g/mol. The molecule has 3 amide bonds. The second kappa shape index (κ2) is 41.3. The minimum Gasteiger partial charge on any atom is -0.493 e. The van der Waals surface area contributed by atoms with Gasteiger partial charge in [0.05, 0.1) is 80.9 Å². The zero-order valence-electron chi connectivity index (χ0n) is 77.8. The van der Waals surface area contributed by atoms with Crippen molar-refractivity contribution in [1.29, 1.82) is 0 Å². The molecule has 4 saturated heterocycles. The molecule has 18 rings (SSSR count). The average Bonchev–Trinajstić information content (AvgIpc) is 0.875. The number of alkyl carbamates (subject to hydrolysis) is 1. The maximum Gasteiger partial charge on any atom is 0.407 e. The molecule has 0 radical (unpaired) electrons. The largest absolute Gasteiger partial charge is 0.493 e. The summed E-state index contributed by atoms with van der Waals surface area (Å²) in [6, 6.07) is 37.8. The van der Waals surface area contributed by atoms with Crippen molar-refractivity contribution in [2.45, 2.75) is 127 Å². The van der Waals surface area contributed by atoms with Gasteiger partial charge in [0.2, 0.25) is 10.0 Å². The van der Waals surface area contributed by atoms with Crippen LogP contribution in [0.2, 0.25) is 10.0 Å². The Labute approximate surface area is 812 Å². The van der Waals surface area contributed by atoms with Gasteiger partial charge in [0.1, 0.15) is 45.8 Å². The highest BCUT2D eigenvalue weighted by Crippen LogP contribution is 2.48. The third-order valence-corrected chi connectivity index (χ3v) is 31.4. The van der Waals surface area contributed by atoms with Crippen molar-refractivity contribution < 1.29 is 73.2 Å². The number of allylic oxidation sites excluding steroid dienone is 2. The Kier molecular flexibility index (Phi) is 29.3. The number of likely N-dealkylation sites (tertiary alicyclic amines) is 2. The van der Waals surface area contributed by atoms with Crippen LogP contribution in [0.4, 0.5) is 27.5 Å². The number of carbonyl (C=O) groups is 3. The van der Waals surface area contributed by atoms with Gasteiger partial charge in [0.15, 0.2) is 0 Å². The van der Waals surface area contributed by atoms with Crippen LogP contribution in [0.5, 0.6) is 34.5 Å². The van der Waals surface area contributed by atoms with Crippen LogP contribution in [0.25, 0.3) is 33.2 Å². The number of ether oxygens (including phenoxy) is 5. The lowest BCUT2D eigenvalue weighted by Gasteiger charge is -2.39. The summed E-state index contributed by atoms with van der Waals surface area (Å²) in [6.07, 6.45) is 16.8. The van der Waals surface area contributed by atoms with E-state index in [0.29, 0.717) is 113 Å². The fourth-order valence-corrected chi connectivity index (χ4v) is 23.1. The van der Waals surface area contributed by atoms with Gasteiger partial charge in [-0.05, 0) is 196 Å². The summed E-state index contributed by atoms with van der Waals surface area (Å²) in [4.78, 5) is 91.4. The van der Waals surface area contributed by atoms with Gasteiger partial charge in [0.25, 0.3) is 43.2 Å². The van der Waals surface area contributed by atoms with Gasteiger partial charge in [-0.15, -0.1) is 0 Å². The molecule has 6 N–H and O–H groups in total. The number of carbonyl (C=O) groups excluding carboxylic acids is 3. The Morgan fingerprint density at radius 3 is 1.32 bits per heavy atom. The van der Waals surface area contributed by atoms with Crippen LogP contribution >= 0.6 is 23.2 Å². The third-order valence-electron chi connectivity index (χ3n) is 27.5. The number of sulfonamides is 3. The van der Waals surface area contributed by atoms with E-state index in [-0.39, 0.29) is 94.1 Å². The van der Waals surface area contributed by atoms with Crippen LogP contribution in [0.15, 0.2) is 179 Å². The number of piperidine rings is 2. The van der Waals surface area contributed by atoms with Crippen LogP contribution < -0.4 is 48.2 Å². The van der Waals surface area contributed by atoms with E-state index in [9.17, 15) is 59.9 Å². The summed E-state index contributed by atoms with van der Waals surface area (Å²) < 4.78 is 116. The van der Waals surface area contributed by atoms with E-state index in [1.54, 1.807) is 48.8 Å². The Bertz CT molecular complexity index is 6710. The number of fused-ring (bicyclic) bond motifs is 4. The predicted octanol–water partition coefficient (Wildman–Crippen LogP) is 15.6. The Balaban J connectivity index is 0.000000191. The first-order valence-electron chi connectivity index (χ1n) is 46.6. The van der Waals surface area contributed by atoms with Crippen LogP contribution in [0.3, 0.4) is 0 Å². The molecule has 2 atom stereocenters. The number of halogens is 2. The van der Waals surface area contributed by atoms with Crippen LogP contribution in [-0.2, 0) is 47.6 Å². The molecule has 0 saturated carbocycles. The van der Waals surface area contributed by atoms with E-state index >= 15 is 0 Å². The number of nitrogens with zero attached hydrogens (tertiary/aromatic N) is 10. The predicted molar refractivity (Wildman–Crippen MR) is 528 cm³/mol. The van der Waals surface area contributed by atoms with E-state index in [0.717, 1.165) is 141 Å². The lowest BCUT2D eigenvalue weighted by Crippen LogP contribution is -2.47. The molecule has 8 aliphatic rings. The normalized spacial score (nSPS) is 19.3. The first-order chi connectivity index (χ1) is 65.9. The number of hydrogen-bond donors (Lipinski definition) is 6. The average molecular weight is 1980 g/mol. The number of hydrogen-bond acceptors (Lipinski definition) is 26. The molecule has 6 aromatic carbocycles. The van der Waals surface area contributed by atoms with Crippen LogP contribution in [0, 0.1) is 42.9 Å². The first-order valence-corrected chi connectivity index (χ1v) is 52.2. The van der Waals surface area contributed by atoms with Gasteiger partial charge in [-0.1, -0.05) is 86.3 Å². The summed E-state index contributed by atoms with van der Waals surface area (Å²) >= 11 is 12.5. The van der Waals surface area contributed by atoms with Gasteiger partial charge >= 0.3 is 6.09 Å². The SMILES string of the molecule is CC1(C)CCC(CN2CCN(c3ccc(C(=O)NS(=O)(=O)c4cc5c(c([N+](=O)[O-])c4)C[C@H](CN4CCC(NS(C)(=O)=O)CC4)CO5)c(Oc4cnc5[nH]ccc5c4)c3)CC2)=C(c2ccc(Cl)cc2)C1.COC(=O)NC1CCN(C[C@@H]2COc3cc(S(=O)(=O)NC(=O)c4ccc(N5CCN(CC6=C(c7ccc(Cl)cc7)CC(C)(C)CC6)CC5)cc4Oc4cnc5[nH]ccc5c4)cc([N+](=O)[O-])c3C2)CC1. The zero-order chi connectivity index (χ0) is 97.1. The quantitative estimate of drug-likeness (QED) is 0.0206. The van der Waals surface area contributed by atoms with E-state index in [4.69, 9.17) is 46.9 Å². The molecule has 4 aromatic heterocycles. The van der Waals surface area contributed by atoms with Crippen molar-refractivity contribution in [3.05, 3.63) is 233 Å². The van der Waals surface area contributed by atoms with Crippen molar-refractivity contribution in [2.24, 2.45) is 22.7 Å². The molecule has 0 spiro atoms. The van der Waals surface area contributed by atoms with Crippen molar-refractivity contribution >= 4 is 127 Å². The maximum atomic E-state index is 14.1. The number of H-pyrrole nitrogens is 2. The van der Waals surface area contributed by atoms with Gasteiger partial charge in [0, 0.05) is 197 Å². The standard InChI is InChI=1S/C50H57ClN8O9S.C49H57ClN8O9S2/c1-50(2)14-10-35(43(27-50)33-4-6-36(51)7-5-33)30-57-18-20-58(21-19-57)38-8-9-41(46(24-38)68-39-23-34-11-15-52-47(34)53-28-39)48(60)55-69(64,65)40-25-44(59(62)63)42-22-32(31-67-45(42)26-40)29-56-16-12-37(13-17-56)54-49(61)66-3;1-49(2)14-10-35(43(27-49)33-4-6-36(50)7-5-33)30-56-18-20-57(21-19-56)38-8-9-41(46(24-38)67-39-23-34-11-15-51-47(34)52-28-39)48(59)54-69(64,65)40-25-44(58(60)61)42-22-32(31-66-45(42)26-40)29-55-16-12-37(13-17-55)53-68(3,62)63/h4-9,11,15,23-26,28,32,37H,10,12-14,16-22,27,29-31H2,1-3H3,(H,52,53)(H,54,61)(H,55,60);4-9,11,15,23-26,28,32,37,53H,10,12-14,16-22,27,29-31H2,1-3H3,(H,51,52)(H,54,59)/t2*32-/m11/s1. The molecule has 34 nitrogen and oxygen atoms in total. The van der Waals surface area contributed by atoms with Crippen LogP contribution in [0.1, 0.15) is 135 Å². The number of piperazine rings is 2. The van der Waals surface area contributed by atoms with Crippen molar-refractivity contribution in [3.8, 4) is 34.5 Å². The highest BCUT2D eigenvalue weighted by molar-refractivity contribution is 7.90. The second-order valence-electron chi connectivity index (χ2n) is 38.8. The highest BCUT2D eigenvalue weighted by atomic mass is 35.5. The fraction of sp³-hybridized carbons (Fsp3) is 0.424. The molecule has 6 aliphatic heterocycles. The lowest BCUT2D eigenvalue weighted by molar-refractivity contribution is -0.386. The molecular formula is C99H114Cl2N16O18S3. The van der Waals surface area contributed by atoms with Crippen molar-refractivity contribution in [1.82, 2.24) is 59.0 Å². The maximum absolute atomic E-state index is 14.1. The number of rotatable bonds is 27. The second-order valence-corrected chi connectivity index (χ2v) is 44.8. The molecule has 0 bridgehead atoms. The van der Waals surface area contributed by atoms with E-state index in [1.807, 2.05) is 36.4 Å². The smallest absolute Gasteiger partial charge is 0.407 e. The van der Waals surface area contributed by atoms with Gasteiger partial charge in [-0.3, -0.25) is 39.6 Å². The number of nitrogens with one attached hydrogen (secondary N) is 6. The molecule has 39 heteroatoms. The number of methoxy groups -OCH3 is 1. The molecule has 10 aromatic rings. The Hall–Kier alpha value is -11.8. The third kappa shape index (κ3) is 23.8. The van der Waals surface area contributed by atoms with E-state index in [1.165, 1.54) is 77.2 Å². The summed E-state index contributed by atoms with van der Waals surface area (Å²) in [5.74, 6) is -1.18. The van der Waals surface area contributed by atoms with E-state index < -0.39 is 79.0 Å². The number of aromatic amines is 2. The fourth-order valence-electron chi connectivity index (χ4n) is 20.0. The summed E-state index contributed by atoms with van der Waals surface area (Å²) in [5.41, 5.74) is 11.0. The Morgan fingerprint density at radius 2 is 0.928 bits per heavy atom. The van der Waals surface area contributed by atoms with Crippen molar-refractivity contribution in [2.75, 3.05) is 141 Å². The number of nitro benzene ring substituents is 2. The topological polar surface area (TPSA) is 411 Å². The minimum atomic E-state index is -4.68. The van der Waals surface area contributed by atoms with Crippen LogP contribution in [-0.4, -0.2) is 236 Å². The number of benzene rings is 6. The molecule has 10 heterocycles. The first kappa shape index (κ1) is 97.8. The number of amides is 3. The molecule has 138 heavy (non-hydrogen) atoms.